The van der Waals surface area contributed by atoms with Crippen molar-refractivity contribution < 1.29 is 0 Å². The highest BCUT2D eigenvalue weighted by atomic mass is 35.5. The van der Waals surface area contributed by atoms with Crippen molar-refractivity contribution in [1.29, 1.82) is 0 Å². The summed E-state index contributed by atoms with van der Waals surface area (Å²) in [6.07, 6.45) is 0.959. The fourth-order valence-electron chi connectivity index (χ4n) is 1.90. The number of aromatic nitrogens is 5. The zero-order valence-electron chi connectivity index (χ0n) is 10.4. The van der Waals surface area contributed by atoms with Crippen LogP contribution in [0.3, 0.4) is 0 Å². The lowest BCUT2D eigenvalue weighted by Crippen LogP contribution is -2.01. The smallest absolute Gasteiger partial charge is 0.183 e. The van der Waals surface area contributed by atoms with Crippen LogP contribution >= 0.6 is 11.6 Å². The Balaban J connectivity index is 2.20. The molecule has 5 nitrogen and oxygen atoms in total. The van der Waals surface area contributed by atoms with Crippen LogP contribution in [-0.4, -0.2) is 25.0 Å². The number of fused-ring (bicyclic) bond motifs is 1. The van der Waals surface area contributed by atoms with Crippen molar-refractivity contribution in [3.63, 3.8) is 0 Å². The van der Waals surface area contributed by atoms with Gasteiger partial charge in [-0.15, -0.1) is 5.10 Å². The Morgan fingerprint density at radius 2 is 1.95 bits per heavy atom. The van der Waals surface area contributed by atoms with Gasteiger partial charge in [-0.25, -0.2) is 14.6 Å². The molecule has 1 aromatic carbocycles. The highest BCUT2D eigenvalue weighted by Crippen LogP contribution is 2.22. The lowest BCUT2D eigenvalue weighted by molar-refractivity contribution is 0.591. The number of nitrogens with zero attached hydrogens (tertiary/aromatic N) is 5. The van der Waals surface area contributed by atoms with Gasteiger partial charge in [-0.2, -0.15) is 0 Å². The molecular formula is C13H12ClN5. The maximum atomic E-state index is 6.16. The van der Waals surface area contributed by atoms with E-state index in [1.165, 1.54) is 0 Å². The minimum Gasteiger partial charge on any atom is -0.227 e. The van der Waals surface area contributed by atoms with Gasteiger partial charge in [0.25, 0.3) is 0 Å². The normalized spacial score (nSPS) is 11.1. The number of benzene rings is 1. The second-order valence-corrected chi connectivity index (χ2v) is 4.55. The van der Waals surface area contributed by atoms with E-state index >= 15 is 0 Å². The topological polar surface area (TPSA) is 56.5 Å². The van der Waals surface area contributed by atoms with E-state index in [0.29, 0.717) is 22.1 Å². The molecule has 0 aliphatic heterocycles. The van der Waals surface area contributed by atoms with E-state index in [2.05, 4.69) is 27.2 Å². The zero-order chi connectivity index (χ0) is 13.2. The van der Waals surface area contributed by atoms with Crippen LogP contribution in [0.1, 0.15) is 13.3 Å². The quantitative estimate of drug-likeness (QED) is 0.689. The second kappa shape index (κ2) is 4.93. The maximum Gasteiger partial charge on any atom is 0.183 e. The van der Waals surface area contributed by atoms with Crippen LogP contribution in [0.2, 0.25) is 5.15 Å². The summed E-state index contributed by atoms with van der Waals surface area (Å²) in [5.41, 5.74) is 2.16. The van der Waals surface area contributed by atoms with Crippen LogP contribution in [0, 0.1) is 0 Å². The summed E-state index contributed by atoms with van der Waals surface area (Å²) in [4.78, 5) is 8.81. The minimum absolute atomic E-state index is 0.339. The molecule has 96 valence electrons. The van der Waals surface area contributed by atoms with Crippen molar-refractivity contribution in [2.75, 3.05) is 0 Å². The molecule has 0 aliphatic carbocycles. The van der Waals surface area contributed by atoms with Crippen molar-refractivity contribution in [3.8, 4) is 11.4 Å². The van der Waals surface area contributed by atoms with Gasteiger partial charge >= 0.3 is 0 Å². The SMILES string of the molecule is CCCn1nnc2c(Cl)nc(-c3ccccc3)nc21. The Hall–Kier alpha value is -2.01. The first-order chi connectivity index (χ1) is 9.29. The molecule has 0 amide bonds. The van der Waals surface area contributed by atoms with Crippen molar-refractivity contribution >= 4 is 22.8 Å². The molecule has 0 spiro atoms. The van der Waals surface area contributed by atoms with Crippen LogP contribution in [-0.2, 0) is 6.54 Å². The van der Waals surface area contributed by atoms with Gasteiger partial charge in [-0.05, 0) is 6.42 Å². The van der Waals surface area contributed by atoms with Gasteiger partial charge in [0.1, 0.15) is 0 Å². The molecule has 0 fully saturated rings. The Bertz CT molecular complexity index is 708. The van der Waals surface area contributed by atoms with Gasteiger partial charge in [0.2, 0.25) is 0 Å². The monoisotopic (exact) mass is 273 g/mol. The van der Waals surface area contributed by atoms with E-state index in [1.54, 1.807) is 4.68 Å². The fraction of sp³-hybridized carbons (Fsp3) is 0.231. The van der Waals surface area contributed by atoms with Crippen molar-refractivity contribution in [2.24, 2.45) is 0 Å². The molecule has 0 unspecified atom stereocenters. The Kier molecular flexibility index (Phi) is 3.13. The van der Waals surface area contributed by atoms with Gasteiger partial charge in [-0.3, -0.25) is 0 Å². The van der Waals surface area contributed by atoms with E-state index in [0.717, 1.165) is 18.5 Å². The number of hydrogen-bond donors (Lipinski definition) is 0. The third kappa shape index (κ3) is 2.17. The lowest BCUT2D eigenvalue weighted by Gasteiger charge is -2.02. The van der Waals surface area contributed by atoms with Crippen LogP contribution < -0.4 is 0 Å². The maximum absolute atomic E-state index is 6.16. The summed E-state index contributed by atoms with van der Waals surface area (Å²) in [5.74, 6) is 0.595. The van der Waals surface area contributed by atoms with E-state index in [9.17, 15) is 0 Å². The number of aryl methyl sites for hydroxylation is 1. The molecule has 0 aliphatic rings. The molecule has 2 aromatic heterocycles. The summed E-state index contributed by atoms with van der Waals surface area (Å²) >= 11 is 6.16. The fourth-order valence-corrected chi connectivity index (χ4v) is 2.10. The van der Waals surface area contributed by atoms with E-state index in [1.807, 2.05) is 30.3 Å². The van der Waals surface area contributed by atoms with E-state index in [-0.39, 0.29) is 0 Å². The first-order valence-electron chi connectivity index (χ1n) is 6.11. The number of halogens is 1. The lowest BCUT2D eigenvalue weighted by atomic mass is 10.2. The summed E-state index contributed by atoms with van der Waals surface area (Å²) in [6.45, 7) is 2.84. The first-order valence-corrected chi connectivity index (χ1v) is 6.49. The van der Waals surface area contributed by atoms with Crippen LogP contribution in [0.15, 0.2) is 30.3 Å². The Morgan fingerprint density at radius 1 is 1.16 bits per heavy atom. The predicted molar refractivity (Wildman–Crippen MR) is 73.9 cm³/mol. The van der Waals surface area contributed by atoms with E-state index < -0.39 is 0 Å². The third-order valence-electron chi connectivity index (χ3n) is 2.79. The average Bonchev–Trinajstić information content (AvgIpc) is 2.84. The number of rotatable bonds is 3. The minimum atomic E-state index is 0.339. The summed E-state index contributed by atoms with van der Waals surface area (Å²) in [5, 5.41) is 8.43. The van der Waals surface area contributed by atoms with Crippen LogP contribution in [0.4, 0.5) is 0 Å². The van der Waals surface area contributed by atoms with Crippen molar-refractivity contribution in [3.05, 3.63) is 35.5 Å². The van der Waals surface area contributed by atoms with Crippen molar-refractivity contribution in [2.45, 2.75) is 19.9 Å². The summed E-state index contributed by atoms with van der Waals surface area (Å²) < 4.78 is 1.76. The second-order valence-electron chi connectivity index (χ2n) is 4.19. The van der Waals surface area contributed by atoms with Gasteiger partial charge in [0.15, 0.2) is 22.1 Å². The predicted octanol–water partition coefficient (Wildman–Crippen LogP) is 2.95. The van der Waals surface area contributed by atoms with Crippen LogP contribution in [0.25, 0.3) is 22.6 Å². The molecule has 6 heteroatoms. The van der Waals surface area contributed by atoms with E-state index in [4.69, 9.17) is 11.6 Å². The molecular weight excluding hydrogens is 262 g/mol. The summed E-state index contributed by atoms with van der Waals surface area (Å²) in [6, 6.07) is 9.74. The highest BCUT2D eigenvalue weighted by molar-refractivity contribution is 6.33. The Labute approximate surface area is 115 Å². The van der Waals surface area contributed by atoms with Gasteiger partial charge < -0.3 is 0 Å². The van der Waals surface area contributed by atoms with Gasteiger partial charge in [-0.1, -0.05) is 54.1 Å². The van der Waals surface area contributed by atoms with Gasteiger partial charge in [0, 0.05) is 12.1 Å². The number of hydrogen-bond acceptors (Lipinski definition) is 4. The van der Waals surface area contributed by atoms with Crippen molar-refractivity contribution in [1.82, 2.24) is 25.0 Å². The average molecular weight is 274 g/mol. The van der Waals surface area contributed by atoms with Crippen LogP contribution in [0.5, 0.6) is 0 Å². The third-order valence-corrected chi connectivity index (χ3v) is 3.05. The van der Waals surface area contributed by atoms with Gasteiger partial charge in [0.05, 0.1) is 0 Å². The molecule has 3 aromatic rings. The molecule has 0 radical (unpaired) electrons. The summed E-state index contributed by atoms with van der Waals surface area (Å²) in [7, 11) is 0. The molecule has 3 rings (SSSR count). The molecule has 0 N–H and O–H groups in total. The molecule has 19 heavy (non-hydrogen) atoms. The zero-order valence-corrected chi connectivity index (χ0v) is 11.2. The molecule has 0 atom stereocenters. The molecule has 2 heterocycles. The molecule has 0 saturated heterocycles. The molecule has 0 bridgehead atoms. The largest absolute Gasteiger partial charge is 0.227 e. The first kappa shape index (κ1) is 12.0. The highest BCUT2D eigenvalue weighted by Gasteiger charge is 2.13. The molecule has 0 saturated carbocycles. The Morgan fingerprint density at radius 3 is 2.68 bits per heavy atom. The standard InChI is InChI=1S/C13H12ClN5/c1-2-8-19-13-10(17-18-19)11(14)15-12(16-13)9-6-4-3-5-7-9/h3-7H,2,8H2,1H3.